The zero-order chi connectivity index (χ0) is 23.3. The molecule has 3 aromatic rings. The Bertz CT molecular complexity index is 1130. The predicted molar refractivity (Wildman–Crippen MR) is 130 cm³/mol. The summed E-state index contributed by atoms with van der Waals surface area (Å²) in [6.07, 6.45) is 3.55. The summed E-state index contributed by atoms with van der Waals surface area (Å²) in [6.45, 7) is 5.57. The minimum atomic E-state index is -3.60. The lowest BCUT2D eigenvalue weighted by atomic mass is 10.1. The van der Waals surface area contributed by atoms with E-state index in [0.717, 1.165) is 48.7 Å². The molecule has 7 nitrogen and oxygen atoms in total. The van der Waals surface area contributed by atoms with E-state index in [1.165, 1.54) is 0 Å². The number of nitrogens with zero attached hydrogens (tertiary/aromatic N) is 3. The molecular weight excluding hydrogens is 436 g/mol. The lowest BCUT2D eigenvalue weighted by Crippen LogP contribution is -2.49. The SMILES string of the molecule is COc1ccc(N2CCN([C@H](CNS(=O)(=O)c3ccc(C)cc3)c3cccnc3)CC2)cc1. The van der Waals surface area contributed by atoms with Gasteiger partial charge >= 0.3 is 0 Å². The normalized spacial score (nSPS) is 15.9. The van der Waals surface area contributed by atoms with Gasteiger partial charge in [-0.05, 0) is 55.0 Å². The number of benzene rings is 2. The molecule has 1 aromatic heterocycles. The maximum atomic E-state index is 12.9. The van der Waals surface area contributed by atoms with Gasteiger partial charge < -0.3 is 9.64 Å². The Morgan fingerprint density at radius 2 is 1.70 bits per heavy atom. The number of sulfonamides is 1. The number of nitrogens with one attached hydrogen (secondary N) is 1. The van der Waals surface area contributed by atoms with Crippen LogP contribution in [0.1, 0.15) is 17.2 Å². The van der Waals surface area contributed by atoms with Crippen LogP contribution in [0.3, 0.4) is 0 Å². The van der Waals surface area contributed by atoms with Gasteiger partial charge in [-0.1, -0.05) is 23.8 Å². The van der Waals surface area contributed by atoms with Crippen LogP contribution in [0.25, 0.3) is 0 Å². The molecule has 0 unspecified atom stereocenters. The number of methoxy groups -OCH3 is 1. The lowest BCUT2D eigenvalue weighted by Gasteiger charge is -2.40. The number of aromatic nitrogens is 1. The van der Waals surface area contributed by atoms with Crippen LogP contribution in [0, 0.1) is 6.92 Å². The molecule has 1 N–H and O–H groups in total. The number of hydrogen-bond donors (Lipinski definition) is 1. The second-order valence-electron chi connectivity index (χ2n) is 8.19. The highest BCUT2D eigenvalue weighted by molar-refractivity contribution is 7.89. The summed E-state index contributed by atoms with van der Waals surface area (Å²) in [5.74, 6) is 0.842. The van der Waals surface area contributed by atoms with Crippen molar-refractivity contribution in [3.63, 3.8) is 0 Å². The largest absolute Gasteiger partial charge is 0.497 e. The number of anilines is 1. The Hall–Kier alpha value is -2.94. The zero-order valence-electron chi connectivity index (χ0n) is 19.0. The lowest BCUT2D eigenvalue weighted by molar-refractivity contribution is 0.186. The van der Waals surface area contributed by atoms with E-state index in [-0.39, 0.29) is 17.5 Å². The van der Waals surface area contributed by atoms with Crippen LogP contribution in [-0.2, 0) is 10.0 Å². The number of piperazine rings is 1. The first-order chi connectivity index (χ1) is 16.0. The van der Waals surface area contributed by atoms with Crippen molar-refractivity contribution in [3.05, 3.63) is 84.2 Å². The van der Waals surface area contributed by atoms with Crippen LogP contribution in [0.15, 0.2) is 78.0 Å². The fraction of sp³-hybridized carbons (Fsp3) is 0.320. The van der Waals surface area contributed by atoms with Crippen molar-refractivity contribution < 1.29 is 13.2 Å². The van der Waals surface area contributed by atoms with E-state index >= 15 is 0 Å². The van der Waals surface area contributed by atoms with Crippen LogP contribution in [0.5, 0.6) is 5.75 Å². The van der Waals surface area contributed by atoms with E-state index in [2.05, 4.69) is 31.6 Å². The number of pyridine rings is 1. The molecule has 2 heterocycles. The average molecular weight is 467 g/mol. The van der Waals surface area contributed by atoms with Gasteiger partial charge in [-0.15, -0.1) is 0 Å². The molecule has 0 radical (unpaired) electrons. The van der Waals surface area contributed by atoms with Crippen LogP contribution in [0.4, 0.5) is 5.69 Å². The zero-order valence-corrected chi connectivity index (χ0v) is 19.8. The van der Waals surface area contributed by atoms with Crippen LogP contribution in [0.2, 0.25) is 0 Å². The topological polar surface area (TPSA) is 74.8 Å². The van der Waals surface area contributed by atoms with E-state index in [1.54, 1.807) is 25.4 Å². The van der Waals surface area contributed by atoms with Crippen molar-refractivity contribution in [2.75, 3.05) is 44.7 Å². The van der Waals surface area contributed by atoms with E-state index in [9.17, 15) is 8.42 Å². The fourth-order valence-electron chi connectivity index (χ4n) is 4.11. The third-order valence-electron chi connectivity index (χ3n) is 6.06. The summed E-state index contributed by atoms with van der Waals surface area (Å²) >= 11 is 0. The van der Waals surface area contributed by atoms with Crippen molar-refractivity contribution in [1.82, 2.24) is 14.6 Å². The third-order valence-corrected chi connectivity index (χ3v) is 7.50. The van der Waals surface area contributed by atoms with E-state index < -0.39 is 10.0 Å². The van der Waals surface area contributed by atoms with Gasteiger partial charge in [0.25, 0.3) is 0 Å². The molecule has 0 saturated carbocycles. The minimum Gasteiger partial charge on any atom is -0.497 e. The maximum absolute atomic E-state index is 12.9. The number of hydrogen-bond acceptors (Lipinski definition) is 6. The molecule has 33 heavy (non-hydrogen) atoms. The molecule has 0 bridgehead atoms. The Morgan fingerprint density at radius 3 is 2.30 bits per heavy atom. The summed E-state index contributed by atoms with van der Waals surface area (Å²) in [6, 6.07) is 18.8. The van der Waals surface area contributed by atoms with Gasteiger partial charge in [0.1, 0.15) is 5.75 Å². The predicted octanol–water partition coefficient (Wildman–Crippen LogP) is 3.24. The summed E-state index contributed by atoms with van der Waals surface area (Å²) in [7, 11) is -1.93. The number of aryl methyl sites for hydroxylation is 1. The van der Waals surface area contributed by atoms with Crippen molar-refractivity contribution >= 4 is 15.7 Å². The van der Waals surface area contributed by atoms with Gasteiger partial charge in [0.15, 0.2) is 0 Å². The Kier molecular flexibility index (Phi) is 7.27. The third kappa shape index (κ3) is 5.71. The fourth-order valence-corrected chi connectivity index (χ4v) is 5.14. The van der Waals surface area contributed by atoms with Gasteiger partial charge in [-0.2, -0.15) is 0 Å². The highest BCUT2D eigenvalue weighted by atomic mass is 32.2. The summed E-state index contributed by atoms with van der Waals surface area (Å²) in [5, 5.41) is 0. The standard InChI is InChI=1S/C25H30N4O3S/c1-20-5-11-24(12-6-20)33(30,31)27-19-25(21-4-3-13-26-18-21)29-16-14-28(15-17-29)22-7-9-23(32-2)10-8-22/h3-13,18,25,27H,14-17,19H2,1-2H3/t25-/m1/s1. The van der Waals surface area contributed by atoms with Gasteiger partial charge in [-0.25, -0.2) is 13.1 Å². The first-order valence-electron chi connectivity index (χ1n) is 11.1. The molecule has 0 spiro atoms. The Morgan fingerprint density at radius 1 is 1.00 bits per heavy atom. The van der Waals surface area contributed by atoms with Gasteiger partial charge in [-0.3, -0.25) is 9.88 Å². The van der Waals surface area contributed by atoms with Gasteiger partial charge in [0.05, 0.1) is 18.0 Å². The highest BCUT2D eigenvalue weighted by Gasteiger charge is 2.27. The number of ether oxygens (including phenoxy) is 1. The van der Waals surface area contributed by atoms with E-state index in [4.69, 9.17) is 4.74 Å². The minimum absolute atomic E-state index is 0.100. The number of rotatable bonds is 8. The molecular formula is C25H30N4O3S. The molecule has 174 valence electrons. The van der Waals surface area contributed by atoms with Gasteiger partial charge in [0.2, 0.25) is 10.0 Å². The molecule has 4 rings (SSSR count). The first kappa shape index (κ1) is 23.2. The molecule has 0 amide bonds. The van der Waals surface area contributed by atoms with E-state index in [0.29, 0.717) is 0 Å². The van der Waals surface area contributed by atoms with Crippen molar-refractivity contribution in [1.29, 1.82) is 0 Å². The highest BCUT2D eigenvalue weighted by Crippen LogP contribution is 2.25. The van der Waals surface area contributed by atoms with Crippen LogP contribution in [-0.4, -0.2) is 58.1 Å². The second-order valence-corrected chi connectivity index (χ2v) is 9.96. The van der Waals surface area contributed by atoms with Crippen molar-refractivity contribution in [2.45, 2.75) is 17.9 Å². The molecule has 1 aliphatic heterocycles. The second kappa shape index (κ2) is 10.3. The summed E-state index contributed by atoms with van der Waals surface area (Å²) < 4.78 is 33.9. The monoisotopic (exact) mass is 466 g/mol. The van der Waals surface area contributed by atoms with Crippen molar-refractivity contribution in [3.8, 4) is 5.75 Å². The Balaban J connectivity index is 1.46. The average Bonchev–Trinajstić information content (AvgIpc) is 2.85. The van der Waals surface area contributed by atoms with Crippen LogP contribution >= 0.6 is 0 Å². The first-order valence-corrected chi connectivity index (χ1v) is 12.5. The summed E-state index contributed by atoms with van der Waals surface area (Å²) in [4.78, 5) is 9.21. The smallest absolute Gasteiger partial charge is 0.240 e. The molecule has 1 saturated heterocycles. The molecule has 1 aliphatic rings. The molecule has 1 atom stereocenters. The maximum Gasteiger partial charge on any atom is 0.240 e. The van der Waals surface area contributed by atoms with Gasteiger partial charge in [0, 0.05) is 50.8 Å². The molecule has 0 aliphatic carbocycles. The van der Waals surface area contributed by atoms with E-state index in [1.807, 2.05) is 49.5 Å². The molecule has 8 heteroatoms. The van der Waals surface area contributed by atoms with Crippen LogP contribution < -0.4 is 14.4 Å². The quantitative estimate of drug-likeness (QED) is 0.549. The summed E-state index contributed by atoms with van der Waals surface area (Å²) in [5.41, 5.74) is 3.19. The molecule has 2 aromatic carbocycles. The molecule has 1 fully saturated rings. The van der Waals surface area contributed by atoms with Crippen molar-refractivity contribution in [2.24, 2.45) is 0 Å². The Labute approximate surface area is 196 Å².